The molecule has 3 aromatic heterocycles. The second-order valence-electron chi connectivity index (χ2n) is 6.04. The molecular weight excluding hydrogens is 332 g/mol. The Morgan fingerprint density at radius 1 is 1.27 bits per heavy atom. The minimum absolute atomic E-state index is 0.177. The summed E-state index contributed by atoms with van der Waals surface area (Å²) >= 11 is 0. The Balaban J connectivity index is 1.48. The number of hydrogen-bond acceptors (Lipinski definition) is 7. The molecule has 0 amide bonds. The van der Waals surface area contributed by atoms with Crippen LogP contribution in [0.3, 0.4) is 0 Å². The highest BCUT2D eigenvalue weighted by Crippen LogP contribution is 2.35. The van der Waals surface area contributed by atoms with Crippen LogP contribution in [0.5, 0.6) is 5.75 Å². The molecule has 1 atom stereocenters. The average Bonchev–Trinajstić information content (AvgIpc) is 3.40. The molecule has 5 rings (SSSR count). The maximum atomic E-state index is 8.95. The third-order valence-corrected chi connectivity index (χ3v) is 4.48. The van der Waals surface area contributed by atoms with Crippen LogP contribution in [0.4, 0.5) is 0 Å². The minimum Gasteiger partial charge on any atom is -0.484 e. The van der Waals surface area contributed by atoms with Gasteiger partial charge in [0.15, 0.2) is 17.8 Å². The number of aryl methyl sites for hydroxylation is 1. The highest BCUT2D eigenvalue weighted by atomic mass is 16.5. The fraction of sp³-hybridized carbons (Fsp3) is 0.167. The van der Waals surface area contributed by atoms with Gasteiger partial charge in [0.2, 0.25) is 0 Å². The third-order valence-electron chi connectivity index (χ3n) is 4.48. The van der Waals surface area contributed by atoms with Gasteiger partial charge in [-0.15, -0.1) is 5.10 Å². The van der Waals surface area contributed by atoms with Crippen molar-refractivity contribution in [1.82, 2.24) is 25.4 Å². The number of nitriles is 1. The summed E-state index contributed by atoms with van der Waals surface area (Å²) in [4.78, 5) is 3.94. The summed E-state index contributed by atoms with van der Waals surface area (Å²) < 4.78 is 11.5. The van der Waals surface area contributed by atoms with Crippen molar-refractivity contribution in [2.45, 2.75) is 18.9 Å². The van der Waals surface area contributed by atoms with E-state index in [1.165, 1.54) is 6.39 Å². The number of nitrogens with one attached hydrogen (secondary N) is 1. The van der Waals surface area contributed by atoms with Crippen LogP contribution >= 0.6 is 0 Å². The molecule has 0 bridgehead atoms. The average molecular weight is 344 g/mol. The fourth-order valence-electron chi connectivity index (χ4n) is 3.26. The molecule has 0 saturated heterocycles. The van der Waals surface area contributed by atoms with Gasteiger partial charge in [-0.3, -0.25) is 5.10 Å². The predicted octanol–water partition coefficient (Wildman–Crippen LogP) is 2.95. The van der Waals surface area contributed by atoms with Crippen LogP contribution in [0.1, 0.15) is 29.5 Å². The summed E-state index contributed by atoms with van der Waals surface area (Å²) in [5.41, 5.74) is 3.73. The van der Waals surface area contributed by atoms with Gasteiger partial charge < -0.3 is 9.15 Å². The second kappa shape index (κ2) is 5.67. The first kappa shape index (κ1) is 14.6. The highest BCUT2D eigenvalue weighted by molar-refractivity contribution is 5.92. The quantitative estimate of drug-likeness (QED) is 0.607. The van der Waals surface area contributed by atoms with Crippen LogP contribution in [-0.4, -0.2) is 25.4 Å². The number of ether oxygens (including phenoxy) is 1. The molecule has 1 aliphatic carbocycles. The van der Waals surface area contributed by atoms with Crippen molar-refractivity contribution in [3.63, 3.8) is 0 Å². The number of nitrogens with zero attached hydrogens (tertiary/aromatic N) is 5. The van der Waals surface area contributed by atoms with Gasteiger partial charge >= 0.3 is 0 Å². The molecular formula is C18H12N6O2. The normalized spacial score (nSPS) is 15.7. The van der Waals surface area contributed by atoms with E-state index in [-0.39, 0.29) is 6.10 Å². The summed E-state index contributed by atoms with van der Waals surface area (Å²) in [7, 11) is 0. The van der Waals surface area contributed by atoms with Gasteiger partial charge in [0, 0.05) is 5.39 Å². The number of rotatable bonds is 3. The largest absolute Gasteiger partial charge is 0.484 e. The fourth-order valence-corrected chi connectivity index (χ4v) is 3.26. The first-order chi connectivity index (χ1) is 12.8. The molecule has 1 aliphatic rings. The molecule has 0 aliphatic heterocycles. The zero-order valence-electron chi connectivity index (χ0n) is 13.5. The number of aromatic nitrogens is 5. The monoisotopic (exact) mass is 344 g/mol. The van der Waals surface area contributed by atoms with Crippen LogP contribution in [0, 0.1) is 11.3 Å². The van der Waals surface area contributed by atoms with Crippen molar-refractivity contribution in [3.8, 4) is 23.3 Å². The van der Waals surface area contributed by atoms with E-state index in [1.54, 1.807) is 12.3 Å². The van der Waals surface area contributed by atoms with Crippen molar-refractivity contribution in [1.29, 1.82) is 5.26 Å². The van der Waals surface area contributed by atoms with Gasteiger partial charge in [-0.05, 0) is 42.7 Å². The summed E-state index contributed by atoms with van der Waals surface area (Å²) in [6.45, 7) is 0. The lowest BCUT2D eigenvalue weighted by atomic mass is 10.1. The third kappa shape index (κ3) is 2.29. The Morgan fingerprint density at radius 3 is 3.08 bits per heavy atom. The second-order valence-corrected chi connectivity index (χ2v) is 6.04. The number of oxazole rings is 1. The molecule has 0 radical (unpaired) electrons. The van der Waals surface area contributed by atoms with Crippen molar-refractivity contribution >= 4 is 10.9 Å². The van der Waals surface area contributed by atoms with Crippen LogP contribution in [-0.2, 0) is 6.42 Å². The van der Waals surface area contributed by atoms with Gasteiger partial charge in [-0.1, -0.05) is 0 Å². The summed E-state index contributed by atoms with van der Waals surface area (Å²) in [5.74, 6) is 1.30. The molecule has 1 unspecified atom stereocenters. The molecule has 126 valence electrons. The molecule has 0 fully saturated rings. The lowest BCUT2D eigenvalue weighted by Gasteiger charge is -2.13. The van der Waals surface area contributed by atoms with Crippen molar-refractivity contribution in [3.05, 3.63) is 53.8 Å². The van der Waals surface area contributed by atoms with Gasteiger partial charge in [-0.25, -0.2) is 4.98 Å². The number of fused-ring (bicyclic) bond motifs is 2. The van der Waals surface area contributed by atoms with Gasteiger partial charge in [0.05, 0.1) is 11.7 Å². The molecule has 0 saturated carbocycles. The molecule has 4 aromatic rings. The lowest BCUT2D eigenvalue weighted by Crippen LogP contribution is -2.07. The van der Waals surface area contributed by atoms with E-state index < -0.39 is 0 Å². The van der Waals surface area contributed by atoms with Crippen LogP contribution in [0.2, 0.25) is 0 Å². The van der Waals surface area contributed by atoms with E-state index in [9.17, 15) is 0 Å². The van der Waals surface area contributed by atoms with E-state index in [1.807, 2.05) is 24.3 Å². The topological polar surface area (TPSA) is 114 Å². The summed E-state index contributed by atoms with van der Waals surface area (Å²) in [6, 6.07) is 9.53. The van der Waals surface area contributed by atoms with E-state index in [2.05, 4.69) is 25.4 Å². The van der Waals surface area contributed by atoms with E-state index >= 15 is 0 Å². The van der Waals surface area contributed by atoms with Gasteiger partial charge in [-0.2, -0.15) is 15.5 Å². The molecule has 3 heterocycles. The zero-order valence-corrected chi connectivity index (χ0v) is 13.5. The van der Waals surface area contributed by atoms with E-state index in [4.69, 9.17) is 14.4 Å². The SMILES string of the molecule is N#Cc1cc2c(nn1)C(Oc1ccc3[nH]nc(-c4cnco4)c3c1)CC2. The van der Waals surface area contributed by atoms with Crippen LogP contribution in [0.15, 0.2) is 41.3 Å². The van der Waals surface area contributed by atoms with E-state index in [0.29, 0.717) is 22.9 Å². The highest BCUT2D eigenvalue weighted by Gasteiger charge is 2.27. The number of benzene rings is 1. The first-order valence-electron chi connectivity index (χ1n) is 8.12. The van der Waals surface area contributed by atoms with Crippen LogP contribution in [0.25, 0.3) is 22.4 Å². The maximum Gasteiger partial charge on any atom is 0.181 e. The smallest absolute Gasteiger partial charge is 0.181 e. The molecule has 0 spiro atoms. The van der Waals surface area contributed by atoms with Crippen molar-refractivity contribution in [2.24, 2.45) is 0 Å². The summed E-state index contributed by atoms with van der Waals surface area (Å²) in [6.07, 6.45) is 4.44. The molecule has 26 heavy (non-hydrogen) atoms. The predicted molar refractivity (Wildman–Crippen MR) is 90.0 cm³/mol. The Labute approximate surface area is 147 Å². The zero-order chi connectivity index (χ0) is 17.5. The Hall–Kier alpha value is -3.73. The molecule has 8 nitrogen and oxygen atoms in total. The number of hydrogen-bond donors (Lipinski definition) is 1. The Bertz CT molecular complexity index is 1140. The minimum atomic E-state index is -0.177. The van der Waals surface area contributed by atoms with E-state index in [0.717, 1.165) is 35.0 Å². The lowest BCUT2D eigenvalue weighted by molar-refractivity contribution is 0.202. The number of aromatic amines is 1. The number of H-pyrrole nitrogens is 1. The van der Waals surface area contributed by atoms with Crippen LogP contribution < -0.4 is 4.74 Å². The van der Waals surface area contributed by atoms with Gasteiger partial charge in [0.1, 0.15) is 29.3 Å². The standard InChI is InChI=1S/C18H12N6O2/c19-7-11-5-10-1-4-15(17(10)23-21-11)26-12-2-3-14-13(6-12)18(24-22-14)16-8-20-9-25-16/h2-3,5-6,8-9,15H,1,4H2,(H,22,24). The molecule has 1 aromatic carbocycles. The van der Waals surface area contributed by atoms with Gasteiger partial charge in [0.25, 0.3) is 0 Å². The Kier molecular flexibility index (Phi) is 3.18. The van der Waals surface area contributed by atoms with Crippen molar-refractivity contribution < 1.29 is 9.15 Å². The van der Waals surface area contributed by atoms with Crippen molar-refractivity contribution in [2.75, 3.05) is 0 Å². The maximum absolute atomic E-state index is 8.95. The molecule has 1 N–H and O–H groups in total. The summed E-state index contributed by atoms with van der Waals surface area (Å²) in [5, 5.41) is 25.2. The first-order valence-corrected chi connectivity index (χ1v) is 8.12. The molecule has 8 heteroatoms. The Morgan fingerprint density at radius 2 is 2.23 bits per heavy atom.